The van der Waals surface area contributed by atoms with Crippen LogP contribution in [0, 0.1) is 5.92 Å². The molecular weight excluding hydrogens is 206 g/mol. The van der Waals surface area contributed by atoms with E-state index in [-0.39, 0.29) is 12.4 Å². The van der Waals surface area contributed by atoms with Crippen LogP contribution in [0.2, 0.25) is 0 Å². The van der Waals surface area contributed by atoms with Crippen LogP contribution in [-0.2, 0) is 6.42 Å². The van der Waals surface area contributed by atoms with Crippen molar-refractivity contribution in [3.05, 3.63) is 35.4 Å². The summed E-state index contributed by atoms with van der Waals surface area (Å²) in [6.45, 7) is 7.38. The first kappa shape index (κ1) is 14.5. The zero-order valence-corrected chi connectivity index (χ0v) is 10.7. The minimum Gasteiger partial charge on any atom is -0.330 e. The van der Waals surface area contributed by atoms with Crippen LogP contribution >= 0.6 is 12.4 Å². The van der Waals surface area contributed by atoms with Crippen molar-refractivity contribution in [1.82, 2.24) is 0 Å². The van der Waals surface area contributed by atoms with Crippen LogP contribution in [0.4, 0.5) is 0 Å². The maximum absolute atomic E-state index is 5.62. The van der Waals surface area contributed by atoms with Gasteiger partial charge in [0, 0.05) is 0 Å². The minimum atomic E-state index is 0. The third-order valence-corrected chi connectivity index (χ3v) is 2.55. The van der Waals surface area contributed by atoms with Crippen molar-refractivity contribution in [3.63, 3.8) is 0 Å². The van der Waals surface area contributed by atoms with Crippen molar-refractivity contribution >= 4 is 12.4 Å². The highest BCUT2D eigenvalue weighted by Crippen LogP contribution is 2.16. The minimum absolute atomic E-state index is 0. The average molecular weight is 228 g/mol. The summed E-state index contributed by atoms with van der Waals surface area (Å²) >= 11 is 0. The average Bonchev–Trinajstić information content (AvgIpc) is 2.17. The van der Waals surface area contributed by atoms with Crippen molar-refractivity contribution in [1.29, 1.82) is 0 Å². The number of rotatable bonds is 4. The molecule has 2 N–H and O–H groups in total. The molecule has 2 heteroatoms. The topological polar surface area (TPSA) is 26.0 Å². The molecule has 15 heavy (non-hydrogen) atoms. The van der Waals surface area contributed by atoms with E-state index in [0.717, 1.165) is 18.9 Å². The van der Waals surface area contributed by atoms with Gasteiger partial charge in [-0.1, -0.05) is 45.0 Å². The van der Waals surface area contributed by atoms with Crippen molar-refractivity contribution in [2.24, 2.45) is 11.7 Å². The Bertz CT molecular complexity index is 266. The summed E-state index contributed by atoms with van der Waals surface area (Å²) in [6.07, 6.45) is 1.16. The quantitative estimate of drug-likeness (QED) is 0.839. The van der Waals surface area contributed by atoms with Gasteiger partial charge < -0.3 is 5.73 Å². The SMILES string of the molecule is CC(C)Cc1ccc(C(C)CN)cc1.Cl. The summed E-state index contributed by atoms with van der Waals surface area (Å²) in [4.78, 5) is 0. The summed E-state index contributed by atoms with van der Waals surface area (Å²) in [5.41, 5.74) is 8.39. The van der Waals surface area contributed by atoms with Gasteiger partial charge in [0.1, 0.15) is 0 Å². The zero-order valence-electron chi connectivity index (χ0n) is 9.86. The number of hydrogen-bond donors (Lipinski definition) is 1. The van der Waals surface area contributed by atoms with Gasteiger partial charge in [-0.25, -0.2) is 0 Å². The van der Waals surface area contributed by atoms with Crippen LogP contribution < -0.4 is 5.73 Å². The molecule has 0 amide bonds. The lowest BCUT2D eigenvalue weighted by Crippen LogP contribution is -2.08. The van der Waals surface area contributed by atoms with Gasteiger partial charge >= 0.3 is 0 Å². The van der Waals surface area contributed by atoms with Crippen molar-refractivity contribution in [2.45, 2.75) is 33.1 Å². The lowest BCUT2D eigenvalue weighted by molar-refractivity contribution is 0.646. The van der Waals surface area contributed by atoms with Crippen molar-refractivity contribution in [2.75, 3.05) is 6.54 Å². The number of benzene rings is 1. The van der Waals surface area contributed by atoms with Gasteiger partial charge in [-0.3, -0.25) is 0 Å². The largest absolute Gasteiger partial charge is 0.330 e. The van der Waals surface area contributed by atoms with Crippen LogP contribution in [0.3, 0.4) is 0 Å². The molecule has 0 spiro atoms. The normalized spacial score (nSPS) is 12.3. The Labute approximate surface area is 99.5 Å². The van der Waals surface area contributed by atoms with E-state index in [2.05, 4.69) is 45.0 Å². The molecule has 1 aromatic rings. The molecule has 1 rings (SSSR count). The molecule has 0 heterocycles. The molecule has 0 fully saturated rings. The fourth-order valence-corrected chi connectivity index (χ4v) is 1.59. The van der Waals surface area contributed by atoms with E-state index in [1.165, 1.54) is 11.1 Å². The van der Waals surface area contributed by atoms with Crippen LogP contribution in [0.1, 0.15) is 37.8 Å². The summed E-state index contributed by atoms with van der Waals surface area (Å²) in [7, 11) is 0. The molecule has 0 aliphatic rings. The Morgan fingerprint density at radius 3 is 2.00 bits per heavy atom. The predicted molar refractivity (Wildman–Crippen MR) is 69.7 cm³/mol. The Balaban J connectivity index is 0.00000196. The standard InChI is InChI=1S/C13H21N.ClH/c1-10(2)8-12-4-6-13(7-5-12)11(3)9-14;/h4-7,10-11H,8-9,14H2,1-3H3;1H. The highest BCUT2D eigenvalue weighted by molar-refractivity contribution is 5.85. The van der Waals surface area contributed by atoms with Crippen molar-refractivity contribution in [3.8, 4) is 0 Å². The molecule has 1 nitrogen and oxygen atoms in total. The monoisotopic (exact) mass is 227 g/mol. The fourth-order valence-electron chi connectivity index (χ4n) is 1.59. The highest BCUT2D eigenvalue weighted by Gasteiger charge is 2.03. The van der Waals surface area contributed by atoms with E-state index >= 15 is 0 Å². The van der Waals surface area contributed by atoms with E-state index in [9.17, 15) is 0 Å². The molecule has 1 aromatic carbocycles. The van der Waals surface area contributed by atoms with E-state index < -0.39 is 0 Å². The summed E-state index contributed by atoms with van der Waals surface area (Å²) < 4.78 is 0. The smallest absolute Gasteiger partial charge is 0.00109 e. The third-order valence-electron chi connectivity index (χ3n) is 2.55. The predicted octanol–water partition coefficient (Wildman–Crippen LogP) is 3.37. The molecule has 86 valence electrons. The van der Waals surface area contributed by atoms with Crippen molar-refractivity contribution < 1.29 is 0 Å². The Morgan fingerprint density at radius 2 is 1.60 bits per heavy atom. The molecule has 1 unspecified atom stereocenters. The first-order valence-corrected chi connectivity index (χ1v) is 5.42. The van der Waals surface area contributed by atoms with E-state index in [4.69, 9.17) is 5.73 Å². The van der Waals surface area contributed by atoms with Gasteiger partial charge in [0.25, 0.3) is 0 Å². The molecule has 0 bridgehead atoms. The van der Waals surface area contributed by atoms with Crippen LogP contribution in [0.5, 0.6) is 0 Å². The van der Waals surface area contributed by atoms with Gasteiger partial charge in [0.05, 0.1) is 0 Å². The third kappa shape index (κ3) is 4.67. The first-order chi connectivity index (χ1) is 6.63. The molecule has 1 atom stereocenters. The zero-order chi connectivity index (χ0) is 10.6. The summed E-state index contributed by atoms with van der Waals surface area (Å²) in [5.74, 6) is 1.20. The Kier molecular flexibility index (Phi) is 6.62. The Morgan fingerprint density at radius 1 is 1.07 bits per heavy atom. The highest BCUT2D eigenvalue weighted by atomic mass is 35.5. The Hall–Kier alpha value is -0.530. The molecular formula is C13H22ClN. The molecule has 0 saturated carbocycles. The van der Waals surface area contributed by atoms with E-state index in [1.807, 2.05) is 0 Å². The van der Waals surface area contributed by atoms with Crippen LogP contribution in [-0.4, -0.2) is 6.54 Å². The second-order valence-electron chi connectivity index (χ2n) is 4.48. The maximum Gasteiger partial charge on any atom is -0.00109 e. The lowest BCUT2D eigenvalue weighted by atomic mass is 9.97. The number of nitrogens with two attached hydrogens (primary N) is 1. The maximum atomic E-state index is 5.62. The van der Waals surface area contributed by atoms with Gasteiger partial charge in [0.2, 0.25) is 0 Å². The van der Waals surface area contributed by atoms with Gasteiger partial charge in [-0.15, -0.1) is 12.4 Å². The van der Waals surface area contributed by atoms with Gasteiger partial charge in [-0.2, -0.15) is 0 Å². The van der Waals surface area contributed by atoms with E-state index in [0.29, 0.717) is 5.92 Å². The van der Waals surface area contributed by atoms with Gasteiger partial charge in [0.15, 0.2) is 0 Å². The number of hydrogen-bond acceptors (Lipinski definition) is 1. The second kappa shape index (κ2) is 6.86. The van der Waals surface area contributed by atoms with E-state index in [1.54, 1.807) is 0 Å². The summed E-state index contributed by atoms with van der Waals surface area (Å²) in [6, 6.07) is 8.85. The molecule has 0 radical (unpaired) electrons. The van der Waals surface area contributed by atoms with Crippen LogP contribution in [0.25, 0.3) is 0 Å². The first-order valence-electron chi connectivity index (χ1n) is 5.42. The fraction of sp³-hybridized carbons (Fsp3) is 0.538. The molecule has 0 saturated heterocycles. The second-order valence-corrected chi connectivity index (χ2v) is 4.48. The van der Waals surface area contributed by atoms with Crippen LogP contribution in [0.15, 0.2) is 24.3 Å². The number of halogens is 1. The lowest BCUT2D eigenvalue weighted by Gasteiger charge is -2.10. The molecule has 0 aromatic heterocycles. The molecule has 0 aliphatic carbocycles. The van der Waals surface area contributed by atoms with Gasteiger partial charge in [-0.05, 0) is 35.9 Å². The summed E-state index contributed by atoms with van der Waals surface area (Å²) in [5, 5.41) is 0. The molecule has 0 aliphatic heterocycles.